The molecule has 1 aromatic heterocycles. The lowest BCUT2D eigenvalue weighted by Crippen LogP contribution is -2.18. The molecule has 0 saturated carbocycles. The van der Waals surface area contributed by atoms with Gasteiger partial charge in [0.15, 0.2) is 0 Å². The number of anilines is 1. The van der Waals surface area contributed by atoms with E-state index in [1.807, 2.05) is 13.8 Å². The van der Waals surface area contributed by atoms with Crippen LogP contribution in [0, 0.1) is 0 Å². The third kappa shape index (κ3) is 6.42. The molecule has 17 heavy (non-hydrogen) atoms. The van der Waals surface area contributed by atoms with Crippen molar-refractivity contribution in [2.45, 2.75) is 32.5 Å². The molecule has 0 bridgehead atoms. The maximum absolute atomic E-state index is 11.8. The molecule has 0 aromatic carbocycles. The third-order valence-corrected chi connectivity index (χ3v) is 2.30. The fourth-order valence-corrected chi connectivity index (χ4v) is 1.77. The molecule has 8 heteroatoms. The molecule has 1 N–H and O–H groups in total. The summed E-state index contributed by atoms with van der Waals surface area (Å²) in [6, 6.07) is 0.247. The van der Waals surface area contributed by atoms with Crippen molar-refractivity contribution >= 4 is 16.7 Å². The van der Waals surface area contributed by atoms with Crippen molar-refractivity contribution in [3.63, 3.8) is 0 Å². The summed E-state index contributed by atoms with van der Waals surface area (Å²) in [5, 5.41) is 3.74. The van der Waals surface area contributed by atoms with Gasteiger partial charge in [-0.1, -0.05) is 0 Å². The SMILES string of the molecule is CC(C)Nc1nc(CCOCC(F)(F)F)ns1. The van der Waals surface area contributed by atoms with E-state index in [2.05, 4.69) is 19.4 Å². The Bertz CT molecular complexity index is 340. The average molecular weight is 269 g/mol. The number of rotatable bonds is 6. The Labute approximate surface area is 101 Å². The Morgan fingerprint density at radius 1 is 1.41 bits per heavy atom. The van der Waals surface area contributed by atoms with Gasteiger partial charge < -0.3 is 10.1 Å². The first kappa shape index (κ1) is 14.2. The van der Waals surface area contributed by atoms with Crippen LogP contribution < -0.4 is 5.32 Å². The Balaban J connectivity index is 2.25. The number of nitrogens with zero attached hydrogens (tertiary/aromatic N) is 2. The van der Waals surface area contributed by atoms with Crippen LogP contribution in [0.4, 0.5) is 18.3 Å². The van der Waals surface area contributed by atoms with Crippen molar-refractivity contribution in [2.75, 3.05) is 18.5 Å². The van der Waals surface area contributed by atoms with Gasteiger partial charge in [0.2, 0.25) is 5.13 Å². The van der Waals surface area contributed by atoms with Gasteiger partial charge in [-0.2, -0.15) is 17.5 Å². The fraction of sp³-hybridized carbons (Fsp3) is 0.778. The van der Waals surface area contributed by atoms with Crippen LogP contribution in [-0.2, 0) is 11.2 Å². The van der Waals surface area contributed by atoms with Crippen LogP contribution in [0.5, 0.6) is 0 Å². The van der Waals surface area contributed by atoms with E-state index in [9.17, 15) is 13.2 Å². The lowest BCUT2D eigenvalue weighted by molar-refractivity contribution is -0.173. The van der Waals surface area contributed by atoms with E-state index in [-0.39, 0.29) is 19.1 Å². The number of ether oxygens (including phenoxy) is 1. The summed E-state index contributed by atoms with van der Waals surface area (Å²) in [6.45, 7) is 2.67. The van der Waals surface area contributed by atoms with E-state index < -0.39 is 12.8 Å². The minimum Gasteiger partial charge on any atom is -0.372 e. The molecule has 4 nitrogen and oxygen atoms in total. The van der Waals surface area contributed by atoms with E-state index in [0.29, 0.717) is 11.0 Å². The Kier molecular flexibility index (Phi) is 5.13. The lowest BCUT2D eigenvalue weighted by atomic mass is 10.4. The Morgan fingerprint density at radius 3 is 2.71 bits per heavy atom. The van der Waals surface area contributed by atoms with Gasteiger partial charge in [-0.25, -0.2) is 4.98 Å². The minimum absolute atomic E-state index is 0.0304. The van der Waals surface area contributed by atoms with Gasteiger partial charge in [-0.3, -0.25) is 0 Å². The predicted octanol–water partition coefficient (Wildman–Crippen LogP) is 2.48. The summed E-state index contributed by atoms with van der Waals surface area (Å²) in [7, 11) is 0. The predicted molar refractivity (Wildman–Crippen MR) is 59.2 cm³/mol. The maximum Gasteiger partial charge on any atom is 0.411 e. The number of hydrogen-bond donors (Lipinski definition) is 1. The Morgan fingerprint density at radius 2 is 2.12 bits per heavy atom. The van der Waals surface area contributed by atoms with Crippen LogP contribution in [0.1, 0.15) is 19.7 Å². The fourth-order valence-electron chi connectivity index (χ4n) is 1.01. The molecule has 0 saturated heterocycles. The first-order valence-corrected chi connectivity index (χ1v) is 5.88. The van der Waals surface area contributed by atoms with Gasteiger partial charge in [0.05, 0.1) is 6.61 Å². The second-order valence-corrected chi connectivity index (χ2v) is 4.48. The van der Waals surface area contributed by atoms with Crippen LogP contribution in [0.3, 0.4) is 0 Å². The standard InChI is InChI=1S/C9H14F3N3OS/c1-6(2)13-8-14-7(15-17-8)3-4-16-5-9(10,11)12/h6H,3-5H2,1-2H3,(H,13,14,15). The number of halogens is 3. The van der Waals surface area contributed by atoms with Crippen molar-refractivity contribution in [3.8, 4) is 0 Å². The zero-order chi connectivity index (χ0) is 12.9. The molecule has 98 valence electrons. The van der Waals surface area contributed by atoms with Crippen LogP contribution in [0.2, 0.25) is 0 Å². The molecule has 0 aliphatic heterocycles. The van der Waals surface area contributed by atoms with Gasteiger partial charge in [0.1, 0.15) is 12.4 Å². The monoisotopic (exact) mass is 269 g/mol. The molecular formula is C9H14F3N3OS. The maximum atomic E-state index is 11.8. The van der Waals surface area contributed by atoms with Gasteiger partial charge in [0.25, 0.3) is 0 Å². The highest BCUT2D eigenvalue weighted by atomic mass is 32.1. The van der Waals surface area contributed by atoms with Crippen molar-refractivity contribution in [2.24, 2.45) is 0 Å². The quantitative estimate of drug-likeness (QED) is 0.806. The zero-order valence-corrected chi connectivity index (χ0v) is 10.4. The van der Waals surface area contributed by atoms with E-state index in [4.69, 9.17) is 0 Å². The van der Waals surface area contributed by atoms with Gasteiger partial charge in [-0.05, 0) is 13.8 Å². The average Bonchev–Trinajstić information content (AvgIpc) is 2.58. The minimum atomic E-state index is -4.28. The second kappa shape index (κ2) is 6.15. The van der Waals surface area contributed by atoms with Crippen LogP contribution >= 0.6 is 11.5 Å². The summed E-state index contributed by atoms with van der Waals surface area (Å²) < 4.78 is 43.8. The molecule has 1 aromatic rings. The van der Waals surface area contributed by atoms with Crippen molar-refractivity contribution in [1.82, 2.24) is 9.36 Å². The third-order valence-electron chi connectivity index (χ3n) is 1.62. The smallest absolute Gasteiger partial charge is 0.372 e. The highest BCUT2D eigenvalue weighted by Gasteiger charge is 2.27. The molecule has 0 spiro atoms. The van der Waals surface area contributed by atoms with Crippen LogP contribution in [0.25, 0.3) is 0 Å². The normalized spacial score (nSPS) is 12.1. The largest absolute Gasteiger partial charge is 0.411 e. The summed E-state index contributed by atoms with van der Waals surface area (Å²) in [4.78, 5) is 4.12. The second-order valence-electron chi connectivity index (χ2n) is 3.73. The zero-order valence-electron chi connectivity index (χ0n) is 9.54. The molecular weight excluding hydrogens is 255 g/mol. The topological polar surface area (TPSA) is 47.0 Å². The van der Waals surface area contributed by atoms with Crippen molar-refractivity contribution in [1.29, 1.82) is 0 Å². The molecule has 0 amide bonds. The summed E-state index contributed by atoms with van der Waals surface area (Å²) in [6.07, 6.45) is -3.99. The first-order chi connectivity index (χ1) is 7.87. The number of aromatic nitrogens is 2. The molecule has 0 aliphatic carbocycles. The molecule has 0 unspecified atom stereocenters. The molecule has 1 heterocycles. The highest BCUT2D eigenvalue weighted by Crippen LogP contribution is 2.15. The van der Waals surface area contributed by atoms with Crippen LogP contribution in [0.15, 0.2) is 0 Å². The van der Waals surface area contributed by atoms with Crippen molar-refractivity contribution in [3.05, 3.63) is 5.82 Å². The molecule has 1 rings (SSSR count). The van der Waals surface area contributed by atoms with E-state index in [1.54, 1.807) is 0 Å². The van der Waals surface area contributed by atoms with Crippen molar-refractivity contribution < 1.29 is 17.9 Å². The molecule has 0 aliphatic rings. The number of nitrogens with one attached hydrogen (secondary N) is 1. The summed E-state index contributed by atoms with van der Waals surface area (Å²) in [5.41, 5.74) is 0. The van der Waals surface area contributed by atoms with Crippen LogP contribution in [-0.4, -0.2) is 34.8 Å². The Hall–Kier alpha value is -0.890. The van der Waals surface area contributed by atoms with E-state index in [1.165, 1.54) is 11.5 Å². The molecule has 0 radical (unpaired) electrons. The van der Waals surface area contributed by atoms with Gasteiger partial charge in [-0.15, -0.1) is 0 Å². The molecule has 0 atom stereocenters. The van der Waals surface area contributed by atoms with Gasteiger partial charge >= 0.3 is 6.18 Å². The molecule has 0 fully saturated rings. The highest BCUT2D eigenvalue weighted by molar-refractivity contribution is 7.09. The van der Waals surface area contributed by atoms with E-state index >= 15 is 0 Å². The van der Waals surface area contributed by atoms with E-state index in [0.717, 1.165) is 0 Å². The summed E-state index contributed by atoms with van der Waals surface area (Å²) >= 11 is 1.19. The first-order valence-electron chi connectivity index (χ1n) is 5.10. The summed E-state index contributed by atoms with van der Waals surface area (Å²) in [5.74, 6) is 0.500. The van der Waals surface area contributed by atoms with Gasteiger partial charge in [0, 0.05) is 24.0 Å². The number of hydrogen-bond acceptors (Lipinski definition) is 5. The lowest BCUT2D eigenvalue weighted by Gasteiger charge is -2.06. The number of alkyl halides is 3.